The van der Waals surface area contributed by atoms with Crippen molar-refractivity contribution in [2.45, 2.75) is 6.92 Å². The lowest BCUT2D eigenvalue weighted by molar-refractivity contribution is -0.129. The summed E-state index contributed by atoms with van der Waals surface area (Å²) in [7, 11) is 0. The van der Waals surface area contributed by atoms with Gasteiger partial charge in [-0.3, -0.25) is 9.69 Å². The second-order valence-electron chi connectivity index (χ2n) is 5.53. The largest absolute Gasteiger partial charge is 0.375 e. The highest BCUT2D eigenvalue weighted by Crippen LogP contribution is 2.01. The topological polar surface area (TPSA) is 30.0 Å². The van der Waals surface area contributed by atoms with E-state index >= 15 is 0 Å². The lowest BCUT2D eigenvalue weighted by Gasteiger charge is -2.33. The molecular formula is C17H30N4O. The summed E-state index contributed by atoms with van der Waals surface area (Å²) in [6.45, 7) is 20.9. The van der Waals surface area contributed by atoms with Crippen LogP contribution in [0.2, 0.25) is 0 Å². The van der Waals surface area contributed by atoms with E-state index < -0.39 is 0 Å². The van der Waals surface area contributed by atoms with Crippen LogP contribution in [0.25, 0.3) is 0 Å². The molecule has 1 saturated heterocycles. The molecule has 5 nitrogen and oxygen atoms in total. The maximum absolute atomic E-state index is 11.8. The van der Waals surface area contributed by atoms with Crippen molar-refractivity contribution in [3.63, 3.8) is 0 Å². The molecule has 0 radical (unpaired) electrons. The number of hydrogen-bond donors (Lipinski definition) is 0. The Kier molecular flexibility index (Phi) is 8.36. The van der Waals surface area contributed by atoms with Gasteiger partial charge >= 0.3 is 0 Å². The molecule has 0 aliphatic carbocycles. The minimum atomic E-state index is 0.132. The molecule has 1 rings (SSSR count). The van der Waals surface area contributed by atoms with E-state index in [1.54, 1.807) is 6.92 Å². The molecule has 0 atom stereocenters. The van der Waals surface area contributed by atoms with Crippen molar-refractivity contribution in [1.82, 2.24) is 19.6 Å². The normalized spacial score (nSPS) is 19.0. The summed E-state index contributed by atoms with van der Waals surface area (Å²) in [4.78, 5) is 20.4. The fourth-order valence-corrected chi connectivity index (χ4v) is 2.53. The SMILES string of the molecule is C=CCN1CCN(C=C)CCN(C=C)CCN(C(C)=O)CC1. The van der Waals surface area contributed by atoms with Crippen molar-refractivity contribution in [2.75, 3.05) is 58.9 Å². The van der Waals surface area contributed by atoms with Gasteiger partial charge < -0.3 is 14.7 Å². The lowest BCUT2D eigenvalue weighted by Crippen LogP contribution is -2.45. The summed E-state index contributed by atoms with van der Waals surface area (Å²) >= 11 is 0. The predicted octanol–water partition coefficient (Wildman–Crippen LogP) is 1.23. The first kappa shape index (κ1) is 18.3. The highest BCUT2D eigenvalue weighted by Gasteiger charge is 2.14. The number of carbonyl (C=O) groups is 1. The summed E-state index contributed by atoms with van der Waals surface area (Å²) in [5.74, 6) is 0.132. The first-order valence-electron chi connectivity index (χ1n) is 7.92. The van der Waals surface area contributed by atoms with Crippen molar-refractivity contribution >= 4 is 5.91 Å². The van der Waals surface area contributed by atoms with E-state index in [1.165, 1.54) is 0 Å². The molecular weight excluding hydrogens is 276 g/mol. The maximum Gasteiger partial charge on any atom is 0.219 e. The van der Waals surface area contributed by atoms with Gasteiger partial charge in [-0.15, -0.1) is 6.58 Å². The number of rotatable bonds is 4. The minimum absolute atomic E-state index is 0.132. The van der Waals surface area contributed by atoms with Crippen LogP contribution in [0.1, 0.15) is 6.92 Å². The Labute approximate surface area is 135 Å². The van der Waals surface area contributed by atoms with Crippen molar-refractivity contribution in [1.29, 1.82) is 0 Å². The maximum atomic E-state index is 11.8. The third-order valence-electron chi connectivity index (χ3n) is 4.07. The van der Waals surface area contributed by atoms with Gasteiger partial charge in [0.05, 0.1) is 0 Å². The fraction of sp³-hybridized carbons (Fsp3) is 0.588. The van der Waals surface area contributed by atoms with E-state index in [4.69, 9.17) is 0 Å². The van der Waals surface area contributed by atoms with Gasteiger partial charge in [-0.1, -0.05) is 19.2 Å². The molecule has 1 heterocycles. The molecule has 1 aliphatic rings. The van der Waals surface area contributed by atoms with E-state index in [2.05, 4.69) is 34.4 Å². The van der Waals surface area contributed by atoms with E-state index in [1.807, 2.05) is 23.4 Å². The number of carbonyl (C=O) groups excluding carboxylic acids is 1. The highest BCUT2D eigenvalue weighted by molar-refractivity contribution is 5.73. The molecule has 124 valence electrons. The van der Waals surface area contributed by atoms with Crippen LogP contribution in [0, 0.1) is 0 Å². The van der Waals surface area contributed by atoms with Crippen LogP contribution in [0.4, 0.5) is 0 Å². The predicted molar refractivity (Wildman–Crippen MR) is 92.4 cm³/mol. The first-order valence-corrected chi connectivity index (χ1v) is 7.92. The Bertz CT molecular complexity index is 383. The van der Waals surface area contributed by atoms with Crippen LogP contribution in [0.15, 0.2) is 38.2 Å². The van der Waals surface area contributed by atoms with Crippen molar-refractivity contribution in [3.05, 3.63) is 38.2 Å². The summed E-state index contributed by atoms with van der Waals surface area (Å²) in [5.41, 5.74) is 0. The molecule has 0 aromatic heterocycles. The van der Waals surface area contributed by atoms with Gasteiger partial charge in [-0.2, -0.15) is 0 Å². The highest BCUT2D eigenvalue weighted by atomic mass is 16.2. The van der Waals surface area contributed by atoms with Crippen LogP contribution in [-0.4, -0.2) is 84.4 Å². The standard InChI is InChI=1S/C17H30N4O/c1-5-8-20-12-11-18(6-2)9-10-19(7-3)13-15-21(16-14-20)17(4)22/h5-7H,1-3,8-16H2,4H3. The summed E-state index contributed by atoms with van der Waals surface area (Å²) < 4.78 is 0. The molecule has 0 aromatic rings. The average molecular weight is 306 g/mol. The molecule has 0 aromatic carbocycles. The summed E-state index contributed by atoms with van der Waals surface area (Å²) in [5, 5.41) is 0. The molecule has 0 unspecified atom stereocenters. The van der Waals surface area contributed by atoms with Gasteiger partial charge in [0.1, 0.15) is 0 Å². The van der Waals surface area contributed by atoms with E-state index in [9.17, 15) is 4.79 Å². The monoisotopic (exact) mass is 306 g/mol. The molecule has 0 saturated carbocycles. The molecule has 0 N–H and O–H groups in total. The zero-order chi connectivity index (χ0) is 16.4. The van der Waals surface area contributed by atoms with Crippen LogP contribution < -0.4 is 0 Å². The molecule has 1 aliphatic heterocycles. The lowest BCUT2D eigenvalue weighted by atomic mass is 10.3. The van der Waals surface area contributed by atoms with Crippen LogP contribution in [0.3, 0.4) is 0 Å². The average Bonchev–Trinajstić information content (AvgIpc) is 2.50. The molecule has 1 amide bonds. The van der Waals surface area contributed by atoms with E-state index in [0.29, 0.717) is 0 Å². The van der Waals surface area contributed by atoms with Gasteiger partial charge in [0, 0.05) is 65.8 Å². The van der Waals surface area contributed by atoms with Gasteiger partial charge in [-0.25, -0.2) is 0 Å². The Morgan fingerprint density at radius 3 is 1.82 bits per heavy atom. The van der Waals surface area contributed by atoms with E-state index in [-0.39, 0.29) is 5.91 Å². The smallest absolute Gasteiger partial charge is 0.219 e. The third kappa shape index (κ3) is 6.35. The minimum Gasteiger partial charge on any atom is -0.375 e. The quantitative estimate of drug-likeness (QED) is 0.731. The Balaban J connectivity index is 2.75. The zero-order valence-corrected chi connectivity index (χ0v) is 13.9. The molecule has 5 heteroatoms. The molecule has 0 bridgehead atoms. The van der Waals surface area contributed by atoms with Gasteiger partial charge in [0.2, 0.25) is 5.91 Å². The Morgan fingerprint density at radius 1 is 0.864 bits per heavy atom. The second-order valence-corrected chi connectivity index (χ2v) is 5.53. The van der Waals surface area contributed by atoms with Gasteiger partial charge in [-0.05, 0) is 12.4 Å². The number of amides is 1. The van der Waals surface area contributed by atoms with Crippen molar-refractivity contribution in [2.24, 2.45) is 0 Å². The summed E-state index contributed by atoms with van der Waals surface area (Å²) in [6, 6.07) is 0. The van der Waals surface area contributed by atoms with Crippen molar-refractivity contribution in [3.8, 4) is 0 Å². The third-order valence-corrected chi connectivity index (χ3v) is 4.07. The van der Waals surface area contributed by atoms with Gasteiger partial charge in [0.15, 0.2) is 0 Å². The Morgan fingerprint density at radius 2 is 1.32 bits per heavy atom. The molecule has 1 fully saturated rings. The zero-order valence-electron chi connectivity index (χ0n) is 13.9. The molecule has 22 heavy (non-hydrogen) atoms. The van der Waals surface area contributed by atoms with Crippen LogP contribution >= 0.6 is 0 Å². The molecule has 0 spiro atoms. The van der Waals surface area contributed by atoms with Crippen LogP contribution in [0.5, 0.6) is 0 Å². The number of hydrogen-bond acceptors (Lipinski definition) is 4. The van der Waals surface area contributed by atoms with E-state index in [0.717, 1.165) is 58.9 Å². The fourth-order valence-electron chi connectivity index (χ4n) is 2.53. The summed E-state index contributed by atoms with van der Waals surface area (Å²) in [6.07, 6.45) is 5.68. The van der Waals surface area contributed by atoms with Crippen molar-refractivity contribution < 1.29 is 4.79 Å². The first-order chi connectivity index (χ1) is 10.6. The van der Waals surface area contributed by atoms with Crippen LogP contribution in [-0.2, 0) is 4.79 Å². The second kappa shape index (κ2) is 10.1. The Hall–Kier alpha value is -1.75. The number of nitrogens with zero attached hydrogens (tertiary/aromatic N) is 4. The van der Waals surface area contributed by atoms with Gasteiger partial charge in [0.25, 0.3) is 0 Å².